The molecule has 0 saturated carbocycles. The zero-order chi connectivity index (χ0) is 21.0. The van der Waals surface area contributed by atoms with E-state index in [1.54, 1.807) is 43.3 Å². The largest absolute Gasteiger partial charge is 0.399 e. The molecule has 0 radical (unpaired) electrons. The minimum absolute atomic E-state index is 0.148. The summed E-state index contributed by atoms with van der Waals surface area (Å²) < 4.78 is 27.2. The number of hydrazone groups is 1. The maximum absolute atomic E-state index is 12.9. The van der Waals surface area contributed by atoms with Crippen molar-refractivity contribution in [1.82, 2.24) is 9.73 Å². The van der Waals surface area contributed by atoms with E-state index in [0.29, 0.717) is 30.8 Å². The Balaban J connectivity index is 1.67. The van der Waals surface area contributed by atoms with Crippen LogP contribution in [0.3, 0.4) is 0 Å². The lowest BCUT2D eigenvalue weighted by Crippen LogP contribution is -2.44. The Hall–Kier alpha value is -2.71. The number of nitrogens with one attached hydrogen (secondary N) is 1. The van der Waals surface area contributed by atoms with Crippen LogP contribution in [0.1, 0.15) is 30.9 Å². The van der Waals surface area contributed by atoms with Crippen LogP contribution in [0, 0.1) is 12.8 Å². The first-order valence-electron chi connectivity index (χ1n) is 9.54. The second-order valence-electron chi connectivity index (χ2n) is 7.31. The summed E-state index contributed by atoms with van der Waals surface area (Å²) in [6, 6.07) is 14.0. The van der Waals surface area contributed by atoms with E-state index in [-0.39, 0.29) is 17.3 Å². The van der Waals surface area contributed by atoms with Gasteiger partial charge in [0.15, 0.2) is 0 Å². The van der Waals surface area contributed by atoms with Crippen LogP contribution in [0.15, 0.2) is 58.5 Å². The van der Waals surface area contributed by atoms with E-state index in [1.165, 1.54) is 4.31 Å². The summed E-state index contributed by atoms with van der Waals surface area (Å²) >= 11 is 0. The van der Waals surface area contributed by atoms with Gasteiger partial charge in [-0.3, -0.25) is 4.79 Å². The second-order valence-corrected chi connectivity index (χ2v) is 9.25. The highest BCUT2D eigenvalue weighted by molar-refractivity contribution is 7.89. The number of hydrogen-bond acceptors (Lipinski definition) is 5. The summed E-state index contributed by atoms with van der Waals surface area (Å²) in [7, 11) is -3.62. The maximum Gasteiger partial charge on any atom is 0.244 e. The number of amides is 1. The summed E-state index contributed by atoms with van der Waals surface area (Å²) in [5, 5.41) is 4.16. The van der Waals surface area contributed by atoms with Crippen LogP contribution in [-0.4, -0.2) is 37.4 Å². The van der Waals surface area contributed by atoms with Crippen molar-refractivity contribution in [3.8, 4) is 0 Å². The molecule has 29 heavy (non-hydrogen) atoms. The predicted molar refractivity (Wildman–Crippen MR) is 114 cm³/mol. The lowest BCUT2D eigenvalue weighted by Gasteiger charge is -2.30. The first-order valence-corrected chi connectivity index (χ1v) is 11.0. The highest BCUT2D eigenvalue weighted by Gasteiger charge is 2.33. The quantitative estimate of drug-likeness (QED) is 0.445. The van der Waals surface area contributed by atoms with Gasteiger partial charge in [0.05, 0.1) is 16.5 Å². The molecule has 0 aliphatic carbocycles. The van der Waals surface area contributed by atoms with Gasteiger partial charge in [0.1, 0.15) is 0 Å². The number of nitrogen functional groups attached to an aromatic ring is 1. The number of sulfonamides is 1. The van der Waals surface area contributed by atoms with Gasteiger partial charge in [-0.2, -0.15) is 9.41 Å². The van der Waals surface area contributed by atoms with Gasteiger partial charge in [-0.15, -0.1) is 0 Å². The van der Waals surface area contributed by atoms with E-state index < -0.39 is 15.9 Å². The summed E-state index contributed by atoms with van der Waals surface area (Å²) in [5.74, 6) is -0.724. The molecule has 3 rings (SSSR count). The minimum Gasteiger partial charge on any atom is -0.399 e. The summed E-state index contributed by atoms with van der Waals surface area (Å²) in [6.07, 6.45) is 1.25. The molecule has 1 aliphatic heterocycles. The van der Waals surface area contributed by atoms with Gasteiger partial charge in [0.25, 0.3) is 0 Å². The van der Waals surface area contributed by atoms with Crippen molar-refractivity contribution in [3.05, 3.63) is 59.7 Å². The number of anilines is 1. The van der Waals surface area contributed by atoms with E-state index in [2.05, 4.69) is 10.5 Å². The van der Waals surface area contributed by atoms with Crippen molar-refractivity contribution < 1.29 is 13.2 Å². The third-order valence-corrected chi connectivity index (χ3v) is 6.93. The van der Waals surface area contributed by atoms with Crippen molar-refractivity contribution in [2.24, 2.45) is 11.0 Å². The van der Waals surface area contributed by atoms with Crippen molar-refractivity contribution in [1.29, 1.82) is 0 Å². The normalized spacial score (nSPS) is 18.4. The number of carbonyl (C=O) groups excluding carboxylic acids is 1. The molecule has 1 aliphatic rings. The van der Waals surface area contributed by atoms with Gasteiger partial charge in [-0.05, 0) is 56.5 Å². The van der Waals surface area contributed by atoms with E-state index in [9.17, 15) is 13.2 Å². The lowest BCUT2D eigenvalue weighted by molar-refractivity contribution is -0.126. The zero-order valence-electron chi connectivity index (χ0n) is 16.6. The third-order valence-electron chi connectivity index (χ3n) is 5.05. The Bertz CT molecular complexity index is 1020. The van der Waals surface area contributed by atoms with E-state index in [4.69, 9.17) is 5.73 Å². The van der Waals surface area contributed by atoms with Gasteiger partial charge in [0, 0.05) is 18.8 Å². The van der Waals surface area contributed by atoms with Gasteiger partial charge in [0.2, 0.25) is 15.9 Å². The third kappa shape index (κ3) is 5.02. The van der Waals surface area contributed by atoms with Crippen LogP contribution in [-0.2, 0) is 14.8 Å². The summed E-state index contributed by atoms with van der Waals surface area (Å²) in [4.78, 5) is 12.8. The number of rotatable bonds is 5. The molecule has 0 bridgehead atoms. The number of carbonyl (C=O) groups is 1. The number of nitrogens with zero attached hydrogens (tertiary/aromatic N) is 2. The molecule has 0 unspecified atom stereocenters. The number of piperidine rings is 1. The molecule has 1 heterocycles. The molecule has 1 saturated heterocycles. The Morgan fingerprint density at radius 1 is 1.21 bits per heavy atom. The molecule has 2 aromatic carbocycles. The Morgan fingerprint density at radius 2 is 1.93 bits per heavy atom. The molecule has 7 nitrogen and oxygen atoms in total. The smallest absolute Gasteiger partial charge is 0.244 e. The number of benzene rings is 2. The number of nitrogens with two attached hydrogens (primary N) is 1. The van der Waals surface area contributed by atoms with E-state index >= 15 is 0 Å². The standard InChI is InChI=1S/C21H26N4O3S/c1-15-8-10-20(11-9-15)29(27,28)25-12-4-6-18(14-25)21(26)24-23-16(2)17-5-3-7-19(22)13-17/h3,5,7-11,13,18H,4,6,12,14,22H2,1-2H3,(H,24,26)/b23-16-/t18-/m0/s1. The number of aryl methyl sites for hydroxylation is 1. The maximum atomic E-state index is 12.9. The fraction of sp³-hybridized carbons (Fsp3) is 0.333. The van der Waals surface area contributed by atoms with Crippen LogP contribution < -0.4 is 11.2 Å². The first-order chi connectivity index (χ1) is 13.8. The van der Waals surface area contributed by atoms with Crippen molar-refractivity contribution in [2.75, 3.05) is 18.8 Å². The molecule has 0 spiro atoms. The summed E-state index contributed by atoms with van der Waals surface area (Å²) in [5.41, 5.74) is 11.4. The number of hydrogen-bond donors (Lipinski definition) is 2. The van der Waals surface area contributed by atoms with Gasteiger partial charge in [-0.25, -0.2) is 13.8 Å². The zero-order valence-corrected chi connectivity index (χ0v) is 17.4. The topological polar surface area (TPSA) is 105 Å². The SMILES string of the molecule is C/C(=N/NC(=O)[C@H]1CCCN(S(=O)(=O)c2ccc(C)cc2)C1)c1cccc(N)c1. The molecule has 3 N–H and O–H groups in total. The fourth-order valence-electron chi connectivity index (χ4n) is 3.29. The molecule has 1 amide bonds. The van der Waals surface area contributed by atoms with Gasteiger partial charge >= 0.3 is 0 Å². The molecular formula is C21H26N4O3S. The molecule has 1 fully saturated rings. The average Bonchev–Trinajstić information content (AvgIpc) is 2.72. The fourth-order valence-corrected chi connectivity index (χ4v) is 4.82. The van der Waals surface area contributed by atoms with Crippen LogP contribution in [0.5, 0.6) is 0 Å². The molecule has 0 aromatic heterocycles. The molecule has 2 aromatic rings. The Kier molecular flexibility index (Phi) is 6.34. The van der Waals surface area contributed by atoms with Crippen molar-refractivity contribution >= 4 is 27.3 Å². The van der Waals surface area contributed by atoms with Crippen LogP contribution in [0.2, 0.25) is 0 Å². The highest BCUT2D eigenvalue weighted by Crippen LogP contribution is 2.24. The molecule has 8 heteroatoms. The van der Waals surface area contributed by atoms with E-state index in [1.807, 2.05) is 19.1 Å². The average molecular weight is 415 g/mol. The van der Waals surface area contributed by atoms with Crippen LogP contribution in [0.4, 0.5) is 5.69 Å². The minimum atomic E-state index is -3.62. The molecular weight excluding hydrogens is 388 g/mol. The Labute approximate surface area is 171 Å². The molecule has 154 valence electrons. The summed E-state index contributed by atoms with van der Waals surface area (Å²) in [6.45, 7) is 4.24. The van der Waals surface area contributed by atoms with Gasteiger partial charge in [-0.1, -0.05) is 29.8 Å². The monoisotopic (exact) mass is 414 g/mol. The molecule has 1 atom stereocenters. The van der Waals surface area contributed by atoms with Crippen LogP contribution in [0.25, 0.3) is 0 Å². The van der Waals surface area contributed by atoms with Gasteiger partial charge < -0.3 is 5.73 Å². The van der Waals surface area contributed by atoms with Crippen molar-refractivity contribution in [2.45, 2.75) is 31.6 Å². The predicted octanol–water partition coefficient (Wildman–Crippen LogP) is 2.52. The van der Waals surface area contributed by atoms with Crippen molar-refractivity contribution in [3.63, 3.8) is 0 Å². The van der Waals surface area contributed by atoms with Crippen LogP contribution >= 0.6 is 0 Å². The lowest BCUT2D eigenvalue weighted by atomic mass is 9.99. The first kappa shape index (κ1) is 21.0. The van der Waals surface area contributed by atoms with E-state index in [0.717, 1.165) is 11.1 Å². The highest BCUT2D eigenvalue weighted by atomic mass is 32.2. The Morgan fingerprint density at radius 3 is 2.62 bits per heavy atom. The second kappa shape index (κ2) is 8.75.